The predicted octanol–water partition coefficient (Wildman–Crippen LogP) is 10.7. The van der Waals surface area contributed by atoms with Crippen molar-refractivity contribution in [1.29, 1.82) is 0 Å². The first-order valence-corrected chi connectivity index (χ1v) is 15.0. The smallest absolute Gasteiger partial charge is 0.310 e. The SMILES string of the molecule is CC(C)N(C1c2ccccc2-c2ccccc21)p1oc2ccc3ccccc3c2c2c(ccc3ccccc32)o1. The molecule has 194 valence electrons. The van der Waals surface area contributed by atoms with E-state index in [1.54, 1.807) is 0 Å². The van der Waals surface area contributed by atoms with Crippen molar-refractivity contribution in [3.05, 3.63) is 132 Å². The molecule has 0 radical (unpaired) electrons. The van der Waals surface area contributed by atoms with Crippen LogP contribution in [0.4, 0.5) is 0 Å². The first-order chi connectivity index (χ1) is 19.7. The fourth-order valence-corrected chi connectivity index (χ4v) is 8.13. The lowest BCUT2D eigenvalue weighted by Gasteiger charge is -2.30. The Kier molecular flexibility index (Phi) is 5.38. The van der Waals surface area contributed by atoms with Crippen LogP contribution < -0.4 is 4.67 Å². The minimum Gasteiger partial charge on any atom is -0.408 e. The van der Waals surface area contributed by atoms with Crippen LogP contribution in [-0.2, 0) is 0 Å². The maximum atomic E-state index is 7.03. The molecule has 0 saturated carbocycles. The molecule has 0 fully saturated rings. The van der Waals surface area contributed by atoms with E-state index in [4.69, 9.17) is 8.39 Å². The maximum absolute atomic E-state index is 7.03. The van der Waals surface area contributed by atoms with Crippen LogP contribution in [0, 0.1) is 0 Å². The van der Waals surface area contributed by atoms with Gasteiger partial charge in [-0.05, 0) is 69.8 Å². The van der Waals surface area contributed by atoms with E-state index in [0.717, 1.165) is 21.9 Å². The average molecular weight is 538 g/mol. The van der Waals surface area contributed by atoms with Crippen molar-refractivity contribution in [3.63, 3.8) is 0 Å². The Morgan fingerprint density at radius 1 is 0.550 bits per heavy atom. The molecule has 40 heavy (non-hydrogen) atoms. The highest BCUT2D eigenvalue weighted by Crippen LogP contribution is 2.52. The third-order valence-corrected chi connectivity index (χ3v) is 9.94. The Morgan fingerprint density at radius 3 is 1.50 bits per heavy atom. The summed E-state index contributed by atoms with van der Waals surface area (Å²) in [5, 5.41) is 6.93. The van der Waals surface area contributed by atoms with E-state index in [1.165, 1.54) is 43.8 Å². The molecule has 0 spiro atoms. The second kappa shape index (κ2) is 9.13. The van der Waals surface area contributed by atoms with Crippen molar-refractivity contribution in [2.45, 2.75) is 25.9 Å². The first-order valence-electron chi connectivity index (χ1n) is 13.9. The monoisotopic (exact) mass is 537 g/mol. The lowest BCUT2D eigenvalue weighted by atomic mass is 9.99. The highest BCUT2D eigenvalue weighted by Gasteiger charge is 2.37. The van der Waals surface area contributed by atoms with Crippen LogP contribution in [0.15, 0.2) is 130 Å². The molecule has 0 bridgehead atoms. The van der Waals surface area contributed by atoms with Crippen molar-refractivity contribution in [1.82, 2.24) is 0 Å². The number of hydrogen-bond donors (Lipinski definition) is 0. The van der Waals surface area contributed by atoms with Gasteiger partial charge in [-0.3, -0.25) is 0 Å². The standard InChI is InChI=1S/C36H28NO2P/c1-23(2)37(36-30-17-9-7-15-28(30)29-16-8-10-18-31(29)36)40-38-32-21-19-24-11-3-5-13-26(24)34(32)35-27-14-6-4-12-25(27)20-22-33(35)39-40/h3-23,36H,1-2H3. The molecule has 0 aliphatic heterocycles. The zero-order valence-corrected chi connectivity index (χ0v) is 23.3. The topological polar surface area (TPSA) is 29.5 Å². The van der Waals surface area contributed by atoms with Gasteiger partial charge < -0.3 is 8.39 Å². The summed E-state index contributed by atoms with van der Waals surface area (Å²) in [6, 6.07) is 43.4. The highest BCUT2D eigenvalue weighted by atomic mass is 31.1. The minimum atomic E-state index is -1.51. The van der Waals surface area contributed by atoms with Crippen LogP contribution in [0.2, 0.25) is 0 Å². The second-order valence-electron chi connectivity index (χ2n) is 10.8. The lowest BCUT2D eigenvalue weighted by molar-refractivity contribution is 0.579. The van der Waals surface area contributed by atoms with Gasteiger partial charge in [0.2, 0.25) is 0 Å². The van der Waals surface area contributed by atoms with Gasteiger partial charge in [0, 0.05) is 16.8 Å². The molecule has 1 aliphatic carbocycles. The van der Waals surface area contributed by atoms with E-state index >= 15 is 0 Å². The number of hydrogen-bond acceptors (Lipinski definition) is 3. The predicted molar refractivity (Wildman–Crippen MR) is 168 cm³/mol. The summed E-state index contributed by atoms with van der Waals surface area (Å²) in [5.74, 6) is 0. The van der Waals surface area contributed by atoms with Gasteiger partial charge >= 0.3 is 8.16 Å². The molecule has 1 aromatic heterocycles. The third-order valence-electron chi connectivity index (χ3n) is 8.17. The number of nitrogens with zero attached hydrogens (tertiary/aromatic N) is 1. The Hall–Kier alpha value is -4.30. The molecule has 6 aromatic carbocycles. The number of rotatable bonds is 3. The third kappa shape index (κ3) is 3.48. The van der Waals surface area contributed by atoms with Gasteiger partial charge in [0.15, 0.2) is 0 Å². The molecular formula is C36H28NO2P. The minimum absolute atomic E-state index is 0.0319. The van der Waals surface area contributed by atoms with E-state index < -0.39 is 8.16 Å². The zero-order valence-electron chi connectivity index (χ0n) is 22.4. The van der Waals surface area contributed by atoms with Gasteiger partial charge in [0.05, 0.1) is 6.04 Å². The van der Waals surface area contributed by atoms with Crippen molar-refractivity contribution in [2.24, 2.45) is 0 Å². The van der Waals surface area contributed by atoms with E-state index in [0.29, 0.717) is 0 Å². The molecular weight excluding hydrogens is 509 g/mol. The maximum Gasteiger partial charge on any atom is 0.310 e. The Morgan fingerprint density at radius 2 is 1.00 bits per heavy atom. The molecule has 1 aliphatic rings. The second-order valence-corrected chi connectivity index (χ2v) is 12.1. The largest absolute Gasteiger partial charge is 0.408 e. The van der Waals surface area contributed by atoms with E-state index in [2.05, 4.69) is 140 Å². The molecule has 0 unspecified atom stereocenters. The summed E-state index contributed by atoms with van der Waals surface area (Å²) in [6.45, 7) is 4.48. The summed E-state index contributed by atoms with van der Waals surface area (Å²) in [7, 11) is -1.51. The Balaban J connectivity index is 1.50. The summed E-state index contributed by atoms with van der Waals surface area (Å²) >= 11 is 0. The summed E-state index contributed by atoms with van der Waals surface area (Å²) < 4.78 is 16.5. The average Bonchev–Trinajstić information content (AvgIpc) is 3.20. The molecule has 1 heterocycles. The van der Waals surface area contributed by atoms with Crippen LogP contribution in [-0.4, -0.2) is 6.04 Å². The van der Waals surface area contributed by atoms with Crippen LogP contribution >= 0.6 is 8.16 Å². The number of benzene rings is 6. The number of fused-ring (bicyclic) bond motifs is 10. The fourth-order valence-electron chi connectivity index (χ4n) is 6.45. The van der Waals surface area contributed by atoms with Crippen LogP contribution in [0.25, 0.3) is 54.6 Å². The molecule has 0 saturated heterocycles. The molecule has 3 nitrogen and oxygen atoms in total. The molecule has 0 amide bonds. The van der Waals surface area contributed by atoms with Gasteiger partial charge in [-0.25, -0.2) is 0 Å². The quantitative estimate of drug-likeness (QED) is 0.224. The van der Waals surface area contributed by atoms with Gasteiger partial charge in [0.1, 0.15) is 11.2 Å². The summed E-state index contributed by atoms with van der Waals surface area (Å²) in [5.41, 5.74) is 6.91. The van der Waals surface area contributed by atoms with Crippen LogP contribution in [0.5, 0.6) is 0 Å². The molecule has 4 heteroatoms. The first kappa shape index (κ1) is 23.6. The van der Waals surface area contributed by atoms with Gasteiger partial charge in [-0.1, -0.05) is 109 Å². The molecule has 0 N–H and O–H groups in total. The van der Waals surface area contributed by atoms with Gasteiger partial charge in [-0.2, -0.15) is 4.67 Å². The molecule has 0 atom stereocenters. The fraction of sp³-hybridized carbons (Fsp3) is 0.111. The normalized spacial score (nSPS) is 13.1. The summed E-state index contributed by atoms with van der Waals surface area (Å²) in [6.07, 6.45) is 0. The highest BCUT2D eigenvalue weighted by molar-refractivity contribution is 7.39. The summed E-state index contributed by atoms with van der Waals surface area (Å²) in [4.78, 5) is 0. The Bertz CT molecular complexity index is 1980. The van der Waals surface area contributed by atoms with E-state index in [9.17, 15) is 0 Å². The van der Waals surface area contributed by atoms with E-state index in [-0.39, 0.29) is 12.1 Å². The van der Waals surface area contributed by atoms with Crippen LogP contribution in [0.3, 0.4) is 0 Å². The van der Waals surface area contributed by atoms with Crippen molar-refractivity contribution in [3.8, 4) is 11.1 Å². The van der Waals surface area contributed by atoms with Crippen LogP contribution in [0.1, 0.15) is 31.0 Å². The van der Waals surface area contributed by atoms with Crippen molar-refractivity contribution < 1.29 is 8.39 Å². The molecule has 8 rings (SSSR count). The van der Waals surface area contributed by atoms with Gasteiger partial charge in [-0.15, -0.1) is 0 Å². The molecule has 7 aromatic rings. The lowest BCUT2D eigenvalue weighted by Crippen LogP contribution is -2.32. The van der Waals surface area contributed by atoms with E-state index in [1.807, 2.05) is 0 Å². The Labute approximate surface area is 233 Å². The van der Waals surface area contributed by atoms with Crippen molar-refractivity contribution >= 4 is 51.6 Å². The van der Waals surface area contributed by atoms with Gasteiger partial charge in [0.25, 0.3) is 0 Å². The van der Waals surface area contributed by atoms with Crippen molar-refractivity contribution in [2.75, 3.05) is 4.67 Å². The zero-order chi connectivity index (χ0) is 26.8.